The van der Waals surface area contributed by atoms with E-state index in [2.05, 4.69) is 35.2 Å². The summed E-state index contributed by atoms with van der Waals surface area (Å²) in [6.45, 7) is 0.996. The zero-order valence-corrected chi connectivity index (χ0v) is 18.3. The third-order valence-corrected chi connectivity index (χ3v) is 5.78. The number of amides is 2. The molecule has 3 aromatic rings. The average molecular weight is 458 g/mol. The first-order chi connectivity index (χ1) is 16.6. The summed E-state index contributed by atoms with van der Waals surface area (Å²) in [6.07, 6.45) is 2.30. The van der Waals surface area contributed by atoms with Gasteiger partial charge in [0.1, 0.15) is 10.8 Å². The van der Waals surface area contributed by atoms with E-state index < -0.39 is 12.9 Å². The molecule has 1 aliphatic carbocycles. The molecule has 0 bridgehead atoms. The summed E-state index contributed by atoms with van der Waals surface area (Å²) in [4.78, 5) is 33.7. The Morgan fingerprint density at radius 2 is 2.16 bits per heavy atom. The van der Waals surface area contributed by atoms with Crippen molar-refractivity contribution >= 4 is 40.7 Å². The van der Waals surface area contributed by atoms with Crippen LogP contribution in [0.4, 0.5) is 17.3 Å². The van der Waals surface area contributed by atoms with E-state index in [0.717, 1.165) is 6.42 Å². The van der Waals surface area contributed by atoms with Gasteiger partial charge >= 0.3 is 0 Å². The largest absolute Gasteiger partial charge is 0.492 e. The number of anilines is 3. The first kappa shape index (κ1) is 18.0. The number of nitrogens with one attached hydrogen (secondary N) is 3. The van der Waals surface area contributed by atoms with Crippen LogP contribution in [-0.4, -0.2) is 50.4 Å². The average Bonchev–Trinajstić information content (AvgIpc) is 3.36. The van der Waals surface area contributed by atoms with E-state index in [0.29, 0.717) is 22.1 Å². The molecule has 3 aromatic heterocycles. The highest BCUT2D eigenvalue weighted by molar-refractivity contribution is 7.09. The van der Waals surface area contributed by atoms with Crippen LogP contribution in [0, 0.1) is 18.8 Å². The Morgan fingerprint density at radius 1 is 1.34 bits per heavy atom. The van der Waals surface area contributed by atoms with Gasteiger partial charge in [-0.1, -0.05) is 6.92 Å². The lowest BCUT2D eigenvalue weighted by molar-refractivity contribution is -0.117. The summed E-state index contributed by atoms with van der Waals surface area (Å²) in [5.74, 6) is 0.209. The van der Waals surface area contributed by atoms with Gasteiger partial charge in [-0.05, 0) is 36.9 Å². The van der Waals surface area contributed by atoms with Crippen LogP contribution in [0.25, 0.3) is 10.6 Å². The maximum atomic E-state index is 12.6. The summed E-state index contributed by atoms with van der Waals surface area (Å²) >= 11 is 1.19. The normalized spacial score (nSPS) is 18.7. The lowest BCUT2D eigenvalue weighted by atomic mass is 10.2. The van der Waals surface area contributed by atoms with Crippen LogP contribution in [-0.2, 0) is 4.79 Å². The molecule has 3 heterocycles. The minimum atomic E-state index is -2.74. The molecule has 1 saturated carbocycles. The number of nitrogens with zero attached hydrogens (tertiary/aromatic N) is 5. The smallest absolute Gasteiger partial charge is 0.273 e. The number of carbonyl (C=O) groups is 2. The molecule has 0 saturated heterocycles. The molecule has 0 unspecified atom stereocenters. The first-order valence-corrected chi connectivity index (χ1v) is 10.4. The SMILES string of the molecule is [2H]C([2H])([2H])NC(=O)c1nnc(NC(=O)[C@@H]2C[C@H]2C)cc1Nc1nccc(-c2nc(C)ns2)c1OC. The fourth-order valence-corrected chi connectivity index (χ4v) is 3.82. The Balaban J connectivity index is 1.71. The van der Waals surface area contributed by atoms with Crippen molar-refractivity contribution in [1.82, 2.24) is 29.9 Å². The van der Waals surface area contributed by atoms with Gasteiger partial charge in [0.2, 0.25) is 5.91 Å². The number of rotatable bonds is 7. The van der Waals surface area contributed by atoms with E-state index in [1.807, 2.05) is 12.2 Å². The molecule has 4 rings (SSSR count). The maximum Gasteiger partial charge on any atom is 0.273 e. The van der Waals surface area contributed by atoms with E-state index in [-0.39, 0.29) is 40.8 Å². The molecular weight excluding hydrogens is 432 g/mol. The zero-order chi connectivity index (χ0) is 25.3. The fourth-order valence-electron chi connectivity index (χ4n) is 3.13. The van der Waals surface area contributed by atoms with Crippen molar-refractivity contribution in [3.8, 4) is 16.3 Å². The van der Waals surface area contributed by atoms with E-state index in [1.54, 1.807) is 13.0 Å². The standard InChI is InChI=1S/C20H22N8O3S/c1-9-7-12(9)18(29)25-14-8-13(15(27-26-14)19(30)21-3)24-17-16(31-4)11(5-6-22-17)20-23-10(2)28-32-20/h5-6,8-9,12H,7H2,1-4H3,(H,21,30)(H2,22,24,25,26,29)/t9-,12-/m1/s1/i3D3. The van der Waals surface area contributed by atoms with Gasteiger partial charge in [-0.3, -0.25) is 9.59 Å². The Kier molecular flexibility index (Phi) is 4.95. The van der Waals surface area contributed by atoms with Crippen LogP contribution < -0.4 is 20.7 Å². The number of hydrogen-bond acceptors (Lipinski definition) is 10. The second kappa shape index (κ2) is 8.83. The van der Waals surface area contributed by atoms with E-state index in [4.69, 9.17) is 8.85 Å². The quantitative estimate of drug-likeness (QED) is 0.487. The summed E-state index contributed by atoms with van der Waals surface area (Å²) in [5.41, 5.74) is 0.375. The molecule has 2 atom stereocenters. The molecule has 166 valence electrons. The van der Waals surface area contributed by atoms with E-state index in [1.165, 1.54) is 30.9 Å². The molecule has 0 aromatic carbocycles. The van der Waals surface area contributed by atoms with Crippen LogP contribution in [0.2, 0.25) is 0 Å². The molecule has 0 aliphatic heterocycles. The molecule has 0 spiro atoms. The topological polar surface area (TPSA) is 144 Å². The van der Waals surface area contributed by atoms with Crippen molar-refractivity contribution in [2.75, 3.05) is 24.7 Å². The Hall–Kier alpha value is -3.67. The molecule has 0 radical (unpaired) electrons. The van der Waals surface area contributed by atoms with Gasteiger partial charge in [-0.15, -0.1) is 10.2 Å². The fraction of sp³-hybridized carbons (Fsp3) is 0.350. The third kappa shape index (κ3) is 4.35. The molecule has 1 aliphatic rings. The molecule has 2 amide bonds. The second-order valence-corrected chi connectivity index (χ2v) is 8.02. The van der Waals surface area contributed by atoms with Gasteiger partial charge < -0.3 is 20.7 Å². The Morgan fingerprint density at radius 3 is 2.81 bits per heavy atom. The minimum absolute atomic E-state index is 0.0669. The number of ether oxygens (including phenoxy) is 1. The van der Waals surface area contributed by atoms with Crippen LogP contribution >= 0.6 is 11.5 Å². The monoisotopic (exact) mass is 457 g/mol. The van der Waals surface area contributed by atoms with Gasteiger partial charge in [0.15, 0.2) is 23.1 Å². The van der Waals surface area contributed by atoms with Gasteiger partial charge in [0.25, 0.3) is 5.91 Å². The summed E-state index contributed by atoms with van der Waals surface area (Å²) in [5, 5.41) is 15.9. The van der Waals surface area contributed by atoms with Gasteiger partial charge in [0, 0.05) is 29.3 Å². The first-order valence-electron chi connectivity index (χ1n) is 11.2. The highest BCUT2D eigenvalue weighted by atomic mass is 32.1. The second-order valence-electron chi connectivity index (χ2n) is 7.27. The molecule has 3 N–H and O–H groups in total. The Labute approximate surface area is 192 Å². The van der Waals surface area contributed by atoms with E-state index >= 15 is 0 Å². The number of carbonyl (C=O) groups excluding carboxylic acids is 2. The van der Waals surface area contributed by atoms with Gasteiger partial charge in [-0.25, -0.2) is 9.97 Å². The van der Waals surface area contributed by atoms with Crippen LogP contribution in [0.5, 0.6) is 5.75 Å². The predicted molar refractivity (Wildman–Crippen MR) is 119 cm³/mol. The summed E-state index contributed by atoms with van der Waals surface area (Å²) in [6, 6.07) is 3.09. The maximum absolute atomic E-state index is 12.6. The molecule has 12 heteroatoms. The number of pyridine rings is 1. The van der Waals surface area contributed by atoms with Crippen LogP contribution in [0.1, 0.15) is 33.8 Å². The third-order valence-electron chi connectivity index (χ3n) is 4.94. The lowest BCUT2D eigenvalue weighted by Gasteiger charge is -2.15. The molecule has 1 fully saturated rings. The predicted octanol–water partition coefficient (Wildman–Crippen LogP) is 2.40. The number of aromatic nitrogens is 5. The van der Waals surface area contributed by atoms with Crippen molar-refractivity contribution in [3.63, 3.8) is 0 Å². The molecule has 32 heavy (non-hydrogen) atoms. The summed E-state index contributed by atoms with van der Waals surface area (Å²) in [7, 11) is 1.45. The minimum Gasteiger partial charge on any atom is -0.492 e. The van der Waals surface area contributed by atoms with Crippen molar-refractivity contribution < 1.29 is 18.4 Å². The van der Waals surface area contributed by atoms with Crippen LogP contribution in [0.3, 0.4) is 0 Å². The van der Waals surface area contributed by atoms with Gasteiger partial charge in [-0.2, -0.15) is 4.37 Å². The highest BCUT2D eigenvalue weighted by Gasteiger charge is 2.39. The lowest BCUT2D eigenvalue weighted by Crippen LogP contribution is -2.22. The van der Waals surface area contributed by atoms with Gasteiger partial charge in [0.05, 0.1) is 18.4 Å². The zero-order valence-electron chi connectivity index (χ0n) is 20.5. The molecule has 11 nitrogen and oxygen atoms in total. The Bertz CT molecular complexity index is 1280. The van der Waals surface area contributed by atoms with Crippen LogP contribution in [0.15, 0.2) is 18.3 Å². The summed E-state index contributed by atoms with van der Waals surface area (Å²) < 4.78 is 31.7. The number of hydrogen-bond donors (Lipinski definition) is 3. The van der Waals surface area contributed by atoms with E-state index in [9.17, 15) is 9.59 Å². The van der Waals surface area contributed by atoms with Crippen molar-refractivity contribution in [1.29, 1.82) is 0 Å². The number of methoxy groups -OCH3 is 1. The van der Waals surface area contributed by atoms with Crippen molar-refractivity contribution in [2.45, 2.75) is 20.3 Å². The highest BCUT2D eigenvalue weighted by Crippen LogP contribution is 2.39. The molecular formula is C20H22N8O3S. The van der Waals surface area contributed by atoms with Crippen molar-refractivity contribution in [3.05, 3.63) is 29.8 Å². The number of aryl methyl sites for hydroxylation is 1. The van der Waals surface area contributed by atoms with Crippen molar-refractivity contribution in [2.24, 2.45) is 11.8 Å².